The summed E-state index contributed by atoms with van der Waals surface area (Å²) < 4.78 is 0. The van der Waals surface area contributed by atoms with Crippen LogP contribution in [0.3, 0.4) is 0 Å². The van der Waals surface area contributed by atoms with Crippen molar-refractivity contribution in [3.05, 3.63) is 0 Å². The van der Waals surface area contributed by atoms with Crippen molar-refractivity contribution in [1.29, 1.82) is 0 Å². The molecule has 1 aliphatic rings. The SMILES string of the molecule is CC(C)CC1CCCC(NCC(C)(C)C(C)C)C1. The fraction of sp³-hybridized carbons (Fsp3) is 1.00. The van der Waals surface area contributed by atoms with Crippen LogP contribution in [0.25, 0.3) is 0 Å². The summed E-state index contributed by atoms with van der Waals surface area (Å²) >= 11 is 0. The third-order valence-corrected chi connectivity index (χ3v) is 5.00. The zero-order chi connectivity index (χ0) is 13.8. The van der Waals surface area contributed by atoms with Crippen LogP contribution in [0, 0.1) is 23.2 Å². The van der Waals surface area contributed by atoms with Crippen LogP contribution >= 0.6 is 0 Å². The van der Waals surface area contributed by atoms with Gasteiger partial charge in [0.15, 0.2) is 0 Å². The molecule has 1 nitrogen and oxygen atoms in total. The van der Waals surface area contributed by atoms with Gasteiger partial charge in [-0.1, -0.05) is 54.4 Å². The number of hydrogen-bond acceptors (Lipinski definition) is 1. The van der Waals surface area contributed by atoms with Gasteiger partial charge in [0.2, 0.25) is 0 Å². The molecule has 108 valence electrons. The molecule has 1 fully saturated rings. The van der Waals surface area contributed by atoms with Gasteiger partial charge < -0.3 is 5.32 Å². The summed E-state index contributed by atoms with van der Waals surface area (Å²) in [5.41, 5.74) is 0.422. The van der Waals surface area contributed by atoms with Crippen LogP contribution < -0.4 is 5.32 Å². The quantitative estimate of drug-likeness (QED) is 0.712. The number of nitrogens with one attached hydrogen (secondary N) is 1. The zero-order valence-electron chi connectivity index (χ0n) is 13.6. The van der Waals surface area contributed by atoms with Gasteiger partial charge in [0, 0.05) is 12.6 Å². The standard InChI is InChI=1S/C17H35N/c1-13(2)10-15-8-7-9-16(11-15)18-12-17(5,6)14(3)4/h13-16,18H,7-12H2,1-6H3. The highest BCUT2D eigenvalue weighted by molar-refractivity contribution is 4.82. The summed E-state index contributed by atoms with van der Waals surface area (Å²) in [6, 6.07) is 0.778. The van der Waals surface area contributed by atoms with E-state index in [2.05, 4.69) is 46.9 Å². The van der Waals surface area contributed by atoms with Crippen molar-refractivity contribution in [3.63, 3.8) is 0 Å². The van der Waals surface area contributed by atoms with E-state index in [4.69, 9.17) is 0 Å². The van der Waals surface area contributed by atoms with E-state index in [1.165, 1.54) is 38.6 Å². The van der Waals surface area contributed by atoms with Crippen molar-refractivity contribution in [3.8, 4) is 0 Å². The first-order chi connectivity index (χ1) is 8.31. The Bertz CT molecular complexity index is 230. The van der Waals surface area contributed by atoms with Gasteiger partial charge in [-0.15, -0.1) is 0 Å². The summed E-state index contributed by atoms with van der Waals surface area (Å²) in [5, 5.41) is 3.85. The molecule has 0 radical (unpaired) electrons. The smallest absolute Gasteiger partial charge is 0.00699 e. The minimum atomic E-state index is 0.422. The van der Waals surface area contributed by atoms with E-state index in [0.717, 1.165) is 23.8 Å². The third kappa shape index (κ3) is 5.30. The van der Waals surface area contributed by atoms with Crippen LogP contribution in [0.2, 0.25) is 0 Å². The monoisotopic (exact) mass is 253 g/mol. The average Bonchev–Trinajstić information content (AvgIpc) is 2.26. The summed E-state index contributed by atoms with van der Waals surface area (Å²) in [6.45, 7) is 15.3. The van der Waals surface area contributed by atoms with Crippen LogP contribution in [0.4, 0.5) is 0 Å². The summed E-state index contributed by atoms with van der Waals surface area (Å²) in [6.07, 6.45) is 7.11. The molecular weight excluding hydrogens is 218 g/mol. The van der Waals surface area contributed by atoms with E-state index >= 15 is 0 Å². The first-order valence-corrected chi connectivity index (χ1v) is 8.04. The highest BCUT2D eigenvalue weighted by Crippen LogP contribution is 2.31. The van der Waals surface area contributed by atoms with Gasteiger partial charge in [-0.2, -0.15) is 0 Å². The normalized spacial score (nSPS) is 26.0. The lowest BCUT2D eigenvalue weighted by atomic mass is 9.79. The molecule has 1 rings (SSSR count). The molecule has 0 aromatic carbocycles. The molecule has 0 aromatic heterocycles. The Morgan fingerprint density at radius 3 is 2.33 bits per heavy atom. The molecule has 2 atom stereocenters. The molecule has 1 N–H and O–H groups in total. The van der Waals surface area contributed by atoms with Gasteiger partial charge in [0.25, 0.3) is 0 Å². The zero-order valence-corrected chi connectivity index (χ0v) is 13.6. The Balaban J connectivity index is 2.34. The second-order valence-electron chi connectivity index (χ2n) is 7.88. The predicted molar refractivity (Wildman–Crippen MR) is 81.8 cm³/mol. The van der Waals surface area contributed by atoms with Gasteiger partial charge in [-0.05, 0) is 42.4 Å². The van der Waals surface area contributed by atoms with Crippen LogP contribution in [-0.4, -0.2) is 12.6 Å². The molecule has 0 amide bonds. The van der Waals surface area contributed by atoms with E-state index in [9.17, 15) is 0 Å². The first-order valence-electron chi connectivity index (χ1n) is 8.04. The minimum Gasteiger partial charge on any atom is -0.313 e. The summed E-state index contributed by atoms with van der Waals surface area (Å²) in [4.78, 5) is 0. The Morgan fingerprint density at radius 1 is 1.11 bits per heavy atom. The topological polar surface area (TPSA) is 12.0 Å². The average molecular weight is 253 g/mol. The molecule has 2 unspecified atom stereocenters. The molecule has 0 bridgehead atoms. The third-order valence-electron chi connectivity index (χ3n) is 5.00. The van der Waals surface area contributed by atoms with Crippen LogP contribution in [-0.2, 0) is 0 Å². The van der Waals surface area contributed by atoms with Crippen molar-refractivity contribution in [1.82, 2.24) is 5.32 Å². The van der Waals surface area contributed by atoms with Crippen LogP contribution in [0.5, 0.6) is 0 Å². The lowest BCUT2D eigenvalue weighted by Crippen LogP contribution is -2.41. The second-order valence-corrected chi connectivity index (χ2v) is 7.88. The lowest BCUT2D eigenvalue weighted by Gasteiger charge is -2.35. The van der Waals surface area contributed by atoms with E-state index in [1.807, 2.05) is 0 Å². The molecule has 1 aliphatic carbocycles. The van der Waals surface area contributed by atoms with Crippen molar-refractivity contribution >= 4 is 0 Å². The maximum absolute atomic E-state index is 3.85. The molecule has 1 heteroatoms. The number of hydrogen-bond donors (Lipinski definition) is 1. The largest absolute Gasteiger partial charge is 0.313 e. The van der Waals surface area contributed by atoms with Gasteiger partial charge in [0.1, 0.15) is 0 Å². The van der Waals surface area contributed by atoms with Crippen molar-refractivity contribution in [2.24, 2.45) is 23.2 Å². The van der Waals surface area contributed by atoms with Crippen LogP contribution in [0.1, 0.15) is 73.6 Å². The lowest BCUT2D eigenvalue weighted by molar-refractivity contribution is 0.196. The molecule has 0 aliphatic heterocycles. The molecular formula is C17H35N. The van der Waals surface area contributed by atoms with Crippen LogP contribution in [0.15, 0.2) is 0 Å². The van der Waals surface area contributed by atoms with Crippen molar-refractivity contribution < 1.29 is 0 Å². The van der Waals surface area contributed by atoms with E-state index < -0.39 is 0 Å². The Hall–Kier alpha value is -0.0400. The first kappa shape index (κ1) is 16.0. The highest BCUT2D eigenvalue weighted by Gasteiger charge is 2.26. The molecule has 1 saturated carbocycles. The molecule has 0 saturated heterocycles. The van der Waals surface area contributed by atoms with Gasteiger partial charge in [-0.25, -0.2) is 0 Å². The van der Waals surface area contributed by atoms with E-state index in [0.29, 0.717) is 5.41 Å². The van der Waals surface area contributed by atoms with E-state index in [1.54, 1.807) is 0 Å². The van der Waals surface area contributed by atoms with E-state index in [-0.39, 0.29) is 0 Å². The Labute approximate surface area is 115 Å². The number of rotatable bonds is 6. The Morgan fingerprint density at radius 2 is 1.78 bits per heavy atom. The molecule has 18 heavy (non-hydrogen) atoms. The second kappa shape index (κ2) is 6.93. The predicted octanol–water partition coefficient (Wildman–Crippen LogP) is 4.86. The summed E-state index contributed by atoms with van der Waals surface area (Å²) in [7, 11) is 0. The molecule has 0 spiro atoms. The molecule has 0 heterocycles. The maximum atomic E-state index is 3.85. The summed E-state index contributed by atoms with van der Waals surface area (Å²) in [5.74, 6) is 2.58. The fourth-order valence-corrected chi connectivity index (χ4v) is 2.97. The maximum Gasteiger partial charge on any atom is 0.00699 e. The Kier molecular flexibility index (Phi) is 6.17. The minimum absolute atomic E-state index is 0.422. The van der Waals surface area contributed by atoms with Crippen molar-refractivity contribution in [2.75, 3.05) is 6.54 Å². The van der Waals surface area contributed by atoms with Crippen molar-refractivity contribution in [2.45, 2.75) is 79.7 Å². The fourth-order valence-electron chi connectivity index (χ4n) is 2.97. The highest BCUT2D eigenvalue weighted by atomic mass is 14.9. The van der Waals surface area contributed by atoms with Gasteiger partial charge in [-0.3, -0.25) is 0 Å². The van der Waals surface area contributed by atoms with Gasteiger partial charge >= 0.3 is 0 Å². The molecule has 0 aromatic rings. The van der Waals surface area contributed by atoms with Gasteiger partial charge in [0.05, 0.1) is 0 Å².